The van der Waals surface area contributed by atoms with Crippen molar-refractivity contribution in [2.75, 3.05) is 6.61 Å². The maximum Gasteiger partial charge on any atom is 0.407 e. The minimum atomic E-state index is -0.998. The fourth-order valence-electron chi connectivity index (χ4n) is 4.66. The number of aromatic carboxylic acids is 1. The number of alkyl carbamates (subject to hydrolysis) is 1. The fourth-order valence-corrected chi connectivity index (χ4v) is 4.66. The Kier molecular flexibility index (Phi) is 6.23. The molecule has 0 spiro atoms. The first-order valence-electron chi connectivity index (χ1n) is 11.7. The predicted molar refractivity (Wildman–Crippen MR) is 130 cm³/mol. The van der Waals surface area contributed by atoms with E-state index in [9.17, 15) is 14.4 Å². The van der Waals surface area contributed by atoms with E-state index in [1.165, 1.54) is 12.1 Å². The van der Waals surface area contributed by atoms with Gasteiger partial charge >= 0.3 is 12.1 Å². The number of amides is 2. The van der Waals surface area contributed by atoms with Gasteiger partial charge in [0.15, 0.2) is 0 Å². The molecule has 3 aromatic rings. The number of hydrogen-bond donors (Lipinski definition) is 3. The van der Waals surface area contributed by atoms with Crippen molar-refractivity contribution in [3.8, 4) is 11.1 Å². The molecule has 7 heteroatoms. The molecule has 7 nitrogen and oxygen atoms in total. The molecule has 1 unspecified atom stereocenters. The van der Waals surface area contributed by atoms with Crippen molar-refractivity contribution in [3.05, 3.63) is 95.1 Å². The maximum atomic E-state index is 12.8. The van der Waals surface area contributed by atoms with Crippen LogP contribution < -0.4 is 10.6 Å². The van der Waals surface area contributed by atoms with E-state index in [4.69, 9.17) is 9.84 Å². The van der Waals surface area contributed by atoms with Crippen LogP contribution in [0.5, 0.6) is 0 Å². The Morgan fingerprint density at radius 1 is 0.886 bits per heavy atom. The molecule has 1 saturated carbocycles. The summed E-state index contributed by atoms with van der Waals surface area (Å²) in [7, 11) is 0. The monoisotopic (exact) mass is 470 g/mol. The third-order valence-electron chi connectivity index (χ3n) is 6.66. The fraction of sp³-hybridized carbons (Fsp3) is 0.250. The van der Waals surface area contributed by atoms with E-state index >= 15 is 0 Å². The Balaban J connectivity index is 1.18. The third kappa shape index (κ3) is 4.89. The third-order valence-corrected chi connectivity index (χ3v) is 6.66. The Hall–Kier alpha value is -4.13. The van der Waals surface area contributed by atoms with Crippen LogP contribution in [0.15, 0.2) is 72.8 Å². The smallest absolute Gasteiger partial charge is 0.407 e. The molecule has 0 aliphatic heterocycles. The molecule has 3 N–H and O–H groups in total. The average Bonchev–Trinajstić information content (AvgIpc) is 3.67. The Bertz CT molecular complexity index is 1220. The van der Waals surface area contributed by atoms with Gasteiger partial charge in [-0.2, -0.15) is 0 Å². The molecule has 0 aromatic heterocycles. The lowest BCUT2D eigenvalue weighted by Crippen LogP contribution is -2.48. The van der Waals surface area contributed by atoms with Crippen LogP contribution in [0.25, 0.3) is 11.1 Å². The number of ether oxygens (including phenoxy) is 1. The van der Waals surface area contributed by atoms with E-state index in [0.29, 0.717) is 0 Å². The van der Waals surface area contributed by atoms with Gasteiger partial charge in [0.1, 0.15) is 12.6 Å². The minimum Gasteiger partial charge on any atom is -0.478 e. The number of carboxylic acids is 1. The first kappa shape index (κ1) is 22.7. The van der Waals surface area contributed by atoms with Crippen molar-refractivity contribution < 1.29 is 24.2 Å². The highest BCUT2D eigenvalue weighted by atomic mass is 16.5. The molecule has 2 aliphatic carbocycles. The van der Waals surface area contributed by atoms with Crippen LogP contribution in [0.2, 0.25) is 0 Å². The van der Waals surface area contributed by atoms with Gasteiger partial charge in [-0.15, -0.1) is 0 Å². The van der Waals surface area contributed by atoms with E-state index in [2.05, 4.69) is 34.9 Å². The summed E-state index contributed by atoms with van der Waals surface area (Å²) in [5, 5.41) is 14.6. The molecule has 1 atom stereocenters. The number of benzene rings is 3. The van der Waals surface area contributed by atoms with E-state index < -0.39 is 18.1 Å². The van der Waals surface area contributed by atoms with Crippen LogP contribution in [0, 0.1) is 5.92 Å². The first-order chi connectivity index (χ1) is 17.0. The summed E-state index contributed by atoms with van der Waals surface area (Å²) >= 11 is 0. The lowest BCUT2D eigenvalue weighted by Gasteiger charge is -2.19. The zero-order chi connectivity index (χ0) is 24.4. The quantitative estimate of drug-likeness (QED) is 0.455. The largest absolute Gasteiger partial charge is 0.478 e. The van der Waals surface area contributed by atoms with E-state index in [1.807, 2.05) is 24.3 Å². The van der Waals surface area contributed by atoms with Crippen molar-refractivity contribution in [1.82, 2.24) is 10.6 Å². The summed E-state index contributed by atoms with van der Waals surface area (Å²) in [6, 6.07) is 21.9. The molecule has 3 aromatic carbocycles. The van der Waals surface area contributed by atoms with Crippen molar-refractivity contribution in [2.45, 2.75) is 31.3 Å². The SMILES string of the molecule is O=C(NC(C(=O)NCc1ccc(C(=O)O)cc1)C1CC1)OCC1c2ccccc2-c2ccccc21. The van der Waals surface area contributed by atoms with Crippen LogP contribution in [-0.4, -0.2) is 35.7 Å². The highest BCUT2D eigenvalue weighted by molar-refractivity contribution is 5.88. The van der Waals surface area contributed by atoms with Crippen LogP contribution in [0.4, 0.5) is 4.79 Å². The molecule has 178 valence electrons. The molecule has 0 radical (unpaired) electrons. The van der Waals surface area contributed by atoms with Gasteiger partial charge in [0.05, 0.1) is 5.56 Å². The zero-order valence-corrected chi connectivity index (χ0v) is 19.1. The zero-order valence-electron chi connectivity index (χ0n) is 19.1. The summed E-state index contributed by atoms with van der Waals surface area (Å²) in [5.74, 6) is -1.23. The second-order valence-corrected chi connectivity index (χ2v) is 9.00. The molecule has 1 fully saturated rings. The molecular weight excluding hydrogens is 444 g/mol. The summed E-state index contributed by atoms with van der Waals surface area (Å²) in [6.07, 6.45) is 1.13. The van der Waals surface area contributed by atoms with Gasteiger partial charge in [-0.1, -0.05) is 60.7 Å². The highest BCUT2D eigenvalue weighted by Gasteiger charge is 2.38. The molecule has 5 rings (SSSR count). The second kappa shape index (κ2) is 9.62. The highest BCUT2D eigenvalue weighted by Crippen LogP contribution is 2.44. The van der Waals surface area contributed by atoms with Crippen LogP contribution >= 0.6 is 0 Å². The number of carbonyl (C=O) groups excluding carboxylic acids is 2. The summed E-state index contributed by atoms with van der Waals surface area (Å²) in [5.41, 5.74) is 5.54. The van der Waals surface area contributed by atoms with Gasteiger partial charge < -0.3 is 20.5 Å². The Morgan fingerprint density at radius 3 is 2.06 bits per heavy atom. The number of hydrogen-bond acceptors (Lipinski definition) is 4. The number of fused-ring (bicyclic) bond motifs is 3. The van der Waals surface area contributed by atoms with Crippen LogP contribution in [0.3, 0.4) is 0 Å². The molecule has 0 bridgehead atoms. The maximum absolute atomic E-state index is 12.8. The van der Waals surface area contributed by atoms with Crippen molar-refractivity contribution in [2.24, 2.45) is 5.92 Å². The first-order valence-corrected chi connectivity index (χ1v) is 11.7. The summed E-state index contributed by atoms with van der Waals surface area (Å²) in [4.78, 5) is 36.5. The average molecular weight is 471 g/mol. The number of carboxylic acid groups (broad SMARTS) is 1. The Morgan fingerprint density at radius 2 is 1.49 bits per heavy atom. The van der Waals surface area contributed by atoms with Gasteiger partial charge in [0, 0.05) is 12.5 Å². The molecule has 2 amide bonds. The predicted octanol–water partition coefficient (Wildman–Crippen LogP) is 4.32. The number of nitrogens with one attached hydrogen (secondary N) is 2. The van der Waals surface area contributed by atoms with Gasteiger partial charge in [-0.25, -0.2) is 9.59 Å². The van der Waals surface area contributed by atoms with Crippen molar-refractivity contribution in [1.29, 1.82) is 0 Å². The molecular formula is C28H26N2O5. The van der Waals surface area contributed by atoms with E-state index in [-0.39, 0.29) is 36.5 Å². The lowest BCUT2D eigenvalue weighted by molar-refractivity contribution is -0.123. The standard InChI is InChI=1S/C28H26N2O5/c31-26(29-15-17-9-11-19(12-10-17)27(32)33)25(18-13-14-18)30-28(34)35-16-24-22-7-3-1-5-20(22)21-6-2-4-8-23(21)24/h1-12,18,24-25H,13-16H2,(H,29,31)(H,30,34)(H,32,33). The molecule has 0 saturated heterocycles. The van der Waals surface area contributed by atoms with Crippen LogP contribution in [-0.2, 0) is 16.1 Å². The van der Waals surface area contributed by atoms with Crippen molar-refractivity contribution in [3.63, 3.8) is 0 Å². The molecule has 0 heterocycles. The molecule has 35 heavy (non-hydrogen) atoms. The van der Waals surface area contributed by atoms with Gasteiger partial charge in [0.25, 0.3) is 0 Å². The van der Waals surface area contributed by atoms with Gasteiger partial charge in [-0.05, 0) is 58.7 Å². The minimum absolute atomic E-state index is 0.0462. The van der Waals surface area contributed by atoms with Gasteiger partial charge in [0.2, 0.25) is 5.91 Å². The van der Waals surface area contributed by atoms with Crippen LogP contribution in [0.1, 0.15) is 45.8 Å². The Labute approximate surface area is 203 Å². The number of carbonyl (C=O) groups is 3. The summed E-state index contributed by atoms with van der Waals surface area (Å²) in [6.45, 7) is 0.434. The van der Waals surface area contributed by atoms with Crippen molar-refractivity contribution >= 4 is 18.0 Å². The summed E-state index contributed by atoms with van der Waals surface area (Å²) < 4.78 is 5.61. The number of rotatable bonds is 8. The lowest BCUT2D eigenvalue weighted by atomic mass is 9.98. The van der Waals surface area contributed by atoms with Gasteiger partial charge in [-0.3, -0.25) is 4.79 Å². The normalized spacial score (nSPS) is 15.0. The second-order valence-electron chi connectivity index (χ2n) is 9.00. The van der Waals surface area contributed by atoms with E-state index in [0.717, 1.165) is 40.7 Å². The molecule has 2 aliphatic rings. The topological polar surface area (TPSA) is 105 Å². The van der Waals surface area contributed by atoms with E-state index in [1.54, 1.807) is 12.1 Å².